The minimum atomic E-state index is -0.214. The normalized spacial score (nSPS) is 16.7. The number of piperidine rings is 1. The predicted octanol–water partition coefficient (Wildman–Crippen LogP) is 3.08. The van der Waals surface area contributed by atoms with Gasteiger partial charge in [-0.05, 0) is 61.2 Å². The molecule has 8 nitrogen and oxygen atoms in total. The Hall–Kier alpha value is -3.39. The summed E-state index contributed by atoms with van der Waals surface area (Å²) in [5.74, 6) is 0.458. The molecule has 0 spiro atoms. The smallest absolute Gasteiger partial charge is 0.254 e. The molecule has 2 N–H and O–H groups in total. The largest absolute Gasteiger partial charge is 0.378 e. The summed E-state index contributed by atoms with van der Waals surface area (Å²) in [6, 6.07) is 14.2. The molecular weight excluding hydrogens is 432 g/mol. The van der Waals surface area contributed by atoms with Gasteiger partial charge in [-0.15, -0.1) is 0 Å². The van der Waals surface area contributed by atoms with Gasteiger partial charge in [-0.3, -0.25) is 14.4 Å². The molecule has 0 bridgehead atoms. The van der Waals surface area contributed by atoms with E-state index in [1.165, 1.54) is 0 Å². The van der Waals surface area contributed by atoms with E-state index in [9.17, 15) is 14.4 Å². The number of carbonyl (C=O) groups excluding carboxylic acids is 3. The monoisotopic (exact) mass is 464 g/mol. The van der Waals surface area contributed by atoms with Crippen molar-refractivity contribution in [3.8, 4) is 0 Å². The van der Waals surface area contributed by atoms with Gasteiger partial charge in [0.25, 0.3) is 11.8 Å². The zero-order valence-corrected chi connectivity index (χ0v) is 19.6. The van der Waals surface area contributed by atoms with E-state index in [2.05, 4.69) is 17.6 Å². The standard InChI is InChI=1S/C26H32N4O4/c1-19-9-11-29(12-10-19)25(32)20-5-7-22(8-6-20)28-24(31)18-27-23-4-2-3-21(17-23)26(33)30-13-15-34-16-14-30/h2-8,17,19,27H,9-16,18H2,1H3,(H,28,31). The predicted molar refractivity (Wildman–Crippen MR) is 131 cm³/mol. The van der Waals surface area contributed by atoms with Crippen molar-refractivity contribution < 1.29 is 19.1 Å². The number of rotatable bonds is 6. The molecule has 180 valence electrons. The van der Waals surface area contributed by atoms with Crippen LogP contribution in [0.3, 0.4) is 0 Å². The number of hydrogen-bond donors (Lipinski definition) is 2. The van der Waals surface area contributed by atoms with E-state index in [1.807, 2.05) is 11.0 Å². The Balaban J connectivity index is 1.27. The summed E-state index contributed by atoms with van der Waals surface area (Å²) in [5, 5.41) is 5.91. The molecule has 2 aromatic rings. The molecule has 0 saturated carbocycles. The van der Waals surface area contributed by atoms with Gasteiger partial charge in [0.2, 0.25) is 5.91 Å². The van der Waals surface area contributed by atoms with Crippen molar-refractivity contribution in [2.24, 2.45) is 5.92 Å². The fraction of sp³-hybridized carbons (Fsp3) is 0.423. The fourth-order valence-electron chi connectivity index (χ4n) is 4.19. The van der Waals surface area contributed by atoms with Crippen molar-refractivity contribution in [2.45, 2.75) is 19.8 Å². The first-order valence-electron chi connectivity index (χ1n) is 11.9. The zero-order valence-electron chi connectivity index (χ0n) is 19.6. The second-order valence-electron chi connectivity index (χ2n) is 8.94. The van der Waals surface area contributed by atoms with Crippen LogP contribution in [0.2, 0.25) is 0 Å². The Kier molecular flexibility index (Phi) is 7.80. The van der Waals surface area contributed by atoms with Crippen LogP contribution in [-0.4, -0.2) is 73.5 Å². The van der Waals surface area contributed by atoms with Crippen molar-refractivity contribution in [3.05, 3.63) is 59.7 Å². The Morgan fingerprint density at radius 1 is 0.853 bits per heavy atom. The molecule has 2 fully saturated rings. The minimum Gasteiger partial charge on any atom is -0.378 e. The molecular formula is C26H32N4O4. The number of anilines is 2. The highest BCUT2D eigenvalue weighted by Crippen LogP contribution is 2.19. The second-order valence-corrected chi connectivity index (χ2v) is 8.94. The van der Waals surface area contributed by atoms with E-state index < -0.39 is 0 Å². The maximum Gasteiger partial charge on any atom is 0.254 e. The van der Waals surface area contributed by atoms with E-state index in [4.69, 9.17) is 4.74 Å². The average molecular weight is 465 g/mol. The molecule has 0 radical (unpaired) electrons. The number of carbonyl (C=O) groups is 3. The van der Waals surface area contributed by atoms with Gasteiger partial charge in [-0.25, -0.2) is 0 Å². The molecule has 2 saturated heterocycles. The lowest BCUT2D eigenvalue weighted by Gasteiger charge is -2.30. The molecule has 8 heteroatoms. The van der Waals surface area contributed by atoms with E-state index in [1.54, 1.807) is 47.4 Å². The van der Waals surface area contributed by atoms with Crippen LogP contribution in [0.25, 0.3) is 0 Å². The van der Waals surface area contributed by atoms with Gasteiger partial charge in [0.05, 0.1) is 19.8 Å². The Morgan fingerprint density at radius 2 is 1.50 bits per heavy atom. The third-order valence-corrected chi connectivity index (χ3v) is 6.35. The number of nitrogens with zero attached hydrogens (tertiary/aromatic N) is 2. The number of morpholine rings is 1. The highest BCUT2D eigenvalue weighted by atomic mass is 16.5. The van der Waals surface area contributed by atoms with E-state index in [0.29, 0.717) is 54.7 Å². The van der Waals surface area contributed by atoms with Gasteiger partial charge >= 0.3 is 0 Å². The minimum absolute atomic E-state index is 0.0369. The summed E-state index contributed by atoms with van der Waals surface area (Å²) < 4.78 is 5.30. The molecule has 2 aromatic carbocycles. The van der Waals surface area contributed by atoms with Crippen LogP contribution in [0.15, 0.2) is 48.5 Å². The first-order valence-corrected chi connectivity index (χ1v) is 11.9. The summed E-state index contributed by atoms with van der Waals surface area (Å²) in [6.07, 6.45) is 2.08. The molecule has 0 atom stereocenters. The van der Waals surface area contributed by atoms with Crippen LogP contribution in [0.5, 0.6) is 0 Å². The quantitative estimate of drug-likeness (QED) is 0.686. The summed E-state index contributed by atoms with van der Waals surface area (Å²) in [6.45, 7) is 6.14. The zero-order chi connectivity index (χ0) is 23.9. The van der Waals surface area contributed by atoms with Crippen LogP contribution in [0.1, 0.15) is 40.5 Å². The number of ether oxygens (including phenoxy) is 1. The maximum atomic E-state index is 12.7. The molecule has 0 aliphatic carbocycles. The van der Waals surface area contributed by atoms with Gasteiger partial charge in [-0.1, -0.05) is 13.0 Å². The molecule has 0 unspecified atom stereocenters. The molecule has 3 amide bonds. The summed E-state index contributed by atoms with van der Waals surface area (Å²) in [5.41, 5.74) is 2.54. The van der Waals surface area contributed by atoms with Crippen molar-refractivity contribution in [1.29, 1.82) is 0 Å². The first kappa shape index (κ1) is 23.8. The third-order valence-electron chi connectivity index (χ3n) is 6.35. The second kappa shape index (κ2) is 11.2. The molecule has 2 aliphatic heterocycles. The van der Waals surface area contributed by atoms with Crippen LogP contribution in [0, 0.1) is 5.92 Å². The lowest BCUT2D eigenvalue weighted by Crippen LogP contribution is -2.40. The molecule has 2 aliphatic rings. The van der Waals surface area contributed by atoms with Crippen LogP contribution < -0.4 is 10.6 Å². The van der Waals surface area contributed by atoms with E-state index in [0.717, 1.165) is 25.9 Å². The third kappa shape index (κ3) is 6.14. The Labute approximate surface area is 200 Å². The summed E-state index contributed by atoms with van der Waals surface area (Å²) in [7, 11) is 0. The van der Waals surface area contributed by atoms with Crippen LogP contribution in [-0.2, 0) is 9.53 Å². The topological polar surface area (TPSA) is 91.0 Å². The lowest BCUT2D eigenvalue weighted by molar-refractivity contribution is -0.114. The van der Waals surface area contributed by atoms with Gasteiger partial charge in [0.15, 0.2) is 0 Å². The molecule has 34 heavy (non-hydrogen) atoms. The SMILES string of the molecule is CC1CCN(C(=O)c2ccc(NC(=O)CNc3cccc(C(=O)N4CCOCC4)c3)cc2)CC1. The lowest BCUT2D eigenvalue weighted by atomic mass is 9.98. The van der Waals surface area contributed by atoms with Gasteiger partial charge in [0, 0.05) is 48.7 Å². The number of benzene rings is 2. The van der Waals surface area contributed by atoms with E-state index >= 15 is 0 Å². The fourth-order valence-corrected chi connectivity index (χ4v) is 4.19. The van der Waals surface area contributed by atoms with E-state index in [-0.39, 0.29) is 24.3 Å². The number of amides is 3. The van der Waals surface area contributed by atoms with Crippen molar-refractivity contribution in [2.75, 3.05) is 56.6 Å². The van der Waals surface area contributed by atoms with Crippen molar-refractivity contribution >= 4 is 29.1 Å². The van der Waals surface area contributed by atoms with Gasteiger partial charge < -0.3 is 25.2 Å². The van der Waals surface area contributed by atoms with Crippen molar-refractivity contribution in [1.82, 2.24) is 9.80 Å². The maximum absolute atomic E-state index is 12.7. The van der Waals surface area contributed by atoms with Gasteiger partial charge in [0.1, 0.15) is 0 Å². The van der Waals surface area contributed by atoms with Crippen LogP contribution >= 0.6 is 0 Å². The van der Waals surface area contributed by atoms with Crippen molar-refractivity contribution in [3.63, 3.8) is 0 Å². The van der Waals surface area contributed by atoms with Crippen LogP contribution in [0.4, 0.5) is 11.4 Å². The number of likely N-dealkylation sites (tertiary alicyclic amines) is 1. The highest BCUT2D eigenvalue weighted by molar-refractivity contribution is 5.97. The summed E-state index contributed by atoms with van der Waals surface area (Å²) >= 11 is 0. The highest BCUT2D eigenvalue weighted by Gasteiger charge is 2.21. The average Bonchev–Trinajstić information content (AvgIpc) is 2.88. The molecule has 2 heterocycles. The van der Waals surface area contributed by atoms with Gasteiger partial charge in [-0.2, -0.15) is 0 Å². The molecule has 4 rings (SSSR count). The number of hydrogen-bond acceptors (Lipinski definition) is 5. The summed E-state index contributed by atoms with van der Waals surface area (Å²) in [4.78, 5) is 41.4. The number of nitrogens with one attached hydrogen (secondary N) is 2. The Morgan fingerprint density at radius 3 is 2.21 bits per heavy atom. The Bertz CT molecular complexity index is 1010. The molecule has 0 aromatic heterocycles. The first-order chi connectivity index (χ1) is 16.5.